The second kappa shape index (κ2) is 6.09. The fourth-order valence-electron chi connectivity index (χ4n) is 2.67. The number of amides is 1. The maximum absolute atomic E-state index is 11.9. The van der Waals surface area contributed by atoms with E-state index < -0.39 is 0 Å². The third-order valence-corrected chi connectivity index (χ3v) is 3.89. The van der Waals surface area contributed by atoms with E-state index in [4.69, 9.17) is 4.74 Å². The lowest BCUT2D eigenvalue weighted by molar-refractivity contribution is -0.135. The molecule has 1 aliphatic heterocycles. The minimum atomic E-state index is 0.109. The van der Waals surface area contributed by atoms with Crippen LogP contribution in [-0.4, -0.2) is 31.0 Å². The molecule has 0 bridgehead atoms. The van der Waals surface area contributed by atoms with Crippen LogP contribution in [0.2, 0.25) is 0 Å². The molecule has 1 saturated heterocycles. The summed E-state index contributed by atoms with van der Waals surface area (Å²) >= 11 is 0. The molecule has 1 aromatic carbocycles. The molecule has 0 spiro atoms. The molecule has 0 atom stereocenters. The summed E-state index contributed by atoms with van der Waals surface area (Å²) in [6.45, 7) is 5.71. The minimum absolute atomic E-state index is 0.109. The highest BCUT2D eigenvalue weighted by Crippen LogP contribution is 2.29. The summed E-state index contributed by atoms with van der Waals surface area (Å²) in [5.41, 5.74) is 1.36. The van der Waals surface area contributed by atoms with Gasteiger partial charge in [-0.1, -0.05) is 26.0 Å². The molecule has 1 aliphatic rings. The number of ether oxygens (including phenoxy) is 1. The number of carbonyl (C=O) groups is 1. The molecular weight excluding hydrogens is 238 g/mol. The van der Waals surface area contributed by atoms with Gasteiger partial charge in [-0.15, -0.1) is 0 Å². The average Bonchev–Trinajstić information content (AvgIpc) is 2.46. The van der Waals surface area contributed by atoms with Crippen LogP contribution >= 0.6 is 0 Å². The maximum atomic E-state index is 11.9. The van der Waals surface area contributed by atoms with E-state index in [1.54, 1.807) is 7.11 Å². The summed E-state index contributed by atoms with van der Waals surface area (Å²) in [7, 11) is 1.69. The normalized spacial score (nSPS) is 16.7. The Morgan fingerprint density at radius 1 is 1.21 bits per heavy atom. The van der Waals surface area contributed by atoms with Gasteiger partial charge in [-0.25, -0.2) is 0 Å². The first-order valence-corrected chi connectivity index (χ1v) is 7.04. The summed E-state index contributed by atoms with van der Waals surface area (Å²) in [5, 5.41) is 0. The van der Waals surface area contributed by atoms with Crippen molar-refractivity contribution in [1.29, 1.82) is 0 Å². The highest BCUT2D eigenvalue weighted by Gasteiger charge is 2.24. The molecule has 0 saturated carbocycles. The van der Waals surface area contributed by atoms with Crippen LogP contribution in [0.1, 0.15) is 38.2 Å². The Hall–Kier alpha value is -1.51. The molecule has 19 heavy (non-hydrogen) atoms. The summed E-state index contributed by atoms with van der Waals surface area (Å²) in [4.78, 5) is 13.9. The van der Waals surface area contributed by atoms with Crippen LogP contribution in [-0.2, 0) is 4.79 Å². The fourth-order valence-corrected chi connectivity index (χ4v) is 2.67. The van der Waals surface area contributed by atoms with Gasteiger partial charge in [0.25, 0.3) is 0 Å². The number of methoxy groups -OCH3 is 1. The minimum Gasteiger partial charge on any atom is -0.497 e. The fraction of sp³-hybridized carbons (Fsp3) is 0.562. The number of carbonyl (C=O) groups excluding carboxylic acids is 1. The van der Waals surface area contributed by atoms with Crippen molar-refractivity contribution in [3.63, 3.8) is 0 Å². The van der Waals surface area contributed by atoms with Crippen LogP contribution in [0.3, 0.4) is 0 Å². The molecule has 3 nitrogen and oxygen atoms in total. The molecule has 0 radical (unpaired) electrons. The standard InChI is InChI=1S/C16H23NO2/c1-12(2)16(18)17-10-8-14(9-11-17)13-4-6-15(19-3)7-5-13/h4-7,12,14H,8-11H2,1-3H3. The monoisotopic (exact) mass is 261 g/mol. The van der Waals surface area contributed by atoms with Gasteiger partial charge in [0.1, 0.15) is 5.75 Å². The Labute approximate surface area is 115 Å². The summed E-state index contributed by atoms with van der Waals surface area (Å²) in [6.07, 6.45) is 2.12. The molecule has 0 unspecified atom stereocenters. The van der Waals surface area contributed by atoms with Crippen molar-refractivity contribution in [2.45, 2.75) is 32.6 Å². The molecule has 1 fully saturated rings. The van der Waals surface area contributed by atoms with Gasteiger partial charge in [0.05, 0.1) is 7.11 Å². The third kappa shape index (κ3) is 3.28. The van der Waals surface area contributed by atoms with Crippen LogP contribution in [0.25, 0.3) is 0 Å². The predicted octanol–water partition coefficient (Wildman–Crippen LogP) is 3.06. The molecule has 0 aromatic heterocycles. The largest absolute Gasteiger partial charge is 0.497 e. The van der Waals surface area contributed by atoms with Crippen molar-refractivity contribution in [3.8, 4) is 5.75 Å². The van der Waals surface area contributed by atoms with Crippen molar-refractivity contribution in [2.24, 2.45) is 5.92 Å². The smallest absolute Gasteiger partial charge is 0.225 e. The van der Waals surface area contributed by atoms with Crippen molar-refractivity contribution in [2.75, 3.05) is 20.2 Å². The van der Waals surface area contributed by atoms with Gasteiger partial charge in [-0.05, 0) is 36.5 Å². The molecule has 1 aromatic rings. The lowest BCUT2D eigenvalue weighted by Crippen LogP contribution is -2.40. The van der Waals surface area contributed by atoms with Crippen LogP contribution < -0.4 is 4.74 Å². The van der Waals surface area contributed by atoms with E-state index in [-0.39, 0.29) is 11.8 Å². The van der Waals surface area contributed by atoms with Gasteiger partial charge in [0.15, 0.2) is 0 Å². The van der Waals surface area contributed by atoms with E-state index in [1.807, 2.05) is 30.9 Å². The lowest BCUT2D eigenvalue weighted by Gasteiger charge is -2.33. The van der Waals surface area contributed by atoms with Crippen molar-refractivity contribution < 1.29 is 9.53 Å². The quantitative estimate of drug-likeness (QED) is 0.837. The number of hydrogen-bond acceptors (Lipinski definition) is 2. The van der Waals surface area contributed by atoms with Crippen LogP contribution in [0.5, 0.6) is 5.75 Å². The molecule has 2 rings (SSSR count). The number of nitrogens with zero attached hydrogens (tertiary/aromatic N) is 1. The van der Waals surface area contributed by atoms with Crippen molar-refractivity contribution in [3.05, 3.63) is 29.8 Å². The van der Waals surface area contributed by atoms with Crippen molar-refractivity contribution >= 4 is 5.91 Å². The first kappa shape index (κ1) is 13.9. The second-order valence-electron chi connectivity index (χ2n) is 5.53. The number of piperidine rings is 1. The first-order valence-electron chi connectivity index (χ1n) is 7.04. The molecule has 104 valence electrons. The third-order valence-electron chi connectivity index (χ3n) is 3.89. The molecule has 3 heteroatoms. The van der Waals surface area contributed by atoms with E-state index in [9.17, 15) is 4.79 Å². The van der Waals surface area contributed by atoms with E-state index in [0.29, 0.717) is 5.92 Å². The highest BCUT2D eigenvalue weighted by molar-refractivity contribution is 5.78. The Kier molecular flexibility index (Phi) is 4.46. The highest BCUT2D eigenvalue weighted by atomic mass is 16.5. The van der Waals surface area contributed by atoms with Crippen LogP contribution in [0.15, 0.2) is 24.3 Å². The topological polar surface area (TPSA) is 29.5 Å². The Morgan fingerprint density at radius 2 is 1.79 bits per heavy atom. The van der Waals surface area contributed by atoms with E-state index in [2.05, 4.69) is 12.1 Å². The Morgan fingerprint density at radius 3 is 2.26 bits per heavy atom. The van der Waals surface area contributed by atoms with Gasteiger partial charge in [0.2, 0.25) is 5.91 Å². The van der Waals surface area contributed by atoms with Gasteiger partial charge in [-0.3, -0.25) is 4.79 Å². The van der Waals surface area contributed by atoms with E-state index in [0.717, 1.165) is 31.7 Å². The summed E-state index contributed by atoms with van der Waals surface area (Å²) < 4.78 is 5.18. The number of likely N-dealkylation sites (tertiary alicyclic amines) is 1. The SMILES string of the molecule is COc1ccc(C2CCN(C(=O)C(C)C)CC2)cc1. The van der Waals surface area contributed by atoms with E-state index in [1.165, 1.54) is 5.56 Å². The molecular formula is C16H23NO2. The van der Waals surface area contributed by atoms with Gasteiger partial charge in [0, 0.05) is 19.0 Å². The number of hydrogen-bond donors (Lipinski definition) is 0. The Bertz CT molecular complexity index is 417. The van der Waals surface area contributed by atoms with E-state index >= 15 is 0 Å². The number of benzene rings is 1. The van der Waals surface area contributed by atoms with Crippen molar-refractivity contribution in [1.82, 2.24) is 4.90 Å². The maximum Gasteiger partial charge on any atom is 0.225 e. The van der Waals surface area contributed by atoms with Crippen LogP contribution in [0, 0.1) is 5.92 Å². The lowest BCUT2D eigenvalue weighted by atomic mass is 9.89. The molecule has 0 N–H and O–H groups in total. The molecule has 1 heterocycles. The van der Waals surface area contributed by atoms with Crippen LogP contribution in [0.4, 0.5) is 0 Å². The van der Waals surface area contributed by atoms with Gasteiger partial charge < -0.3 is 9.64 Å². The summed E-state index contributed by atoms with van der Waals surface area (Å²) in [5.74, 6) is 1.86. The Balaban J connectivity index is 1.94. The number of rotatable bonds is 3. The van der Waals surface area contributed by atoms with Gasteiger partial charge in [-0.2, -0.15) is 0 Å². The second-order valence-corrected chi connectivity index (χ2v) is 5.53. The zero-order valence-corrected chi connectivity index (χ0v) is 12.1. The zero-order chi connectivity index (χ0) is 13.8. The van der Waals surface area contributed by atoms with Gasteiger partial charge >= 0.3 is 0 Å². The predicted molar refractivity (Wildman–Crippen MR) is 76.4 cm³/mol. The average molecular weight is 261 g/mol. The summed E-state index contributed by atoms with van der Waals surface area (Å²) in [6, 6.07) is 8.31. The first-order chi connectivity index (χ1) is 9.11. The molecule has 1 amide bonds. The zero-order valence-electron chi connectivity index (χ0n) is 12.1. The molecule has 0 aliphatic carbocycles.